The van der Waals surface area contributed by atoms with Crippen LogP contribution in [0.1, 0.15) is 19.8 Å². The number of hydrogen-bond acceptors (Lipinski definition) is 4. The van der Waals surface area contributed by atoms with Gasteiger partial charge in [-0.15, -0.1) is 0 Å². The summed E-state index contributed by atoms with van der Waals surface area (Å²) in [6.45, 7) is 2.92. The number of hydrogen-bond donors (Lipinski definition) is 2. The van der Waals surface area contributed by atoms with E-state index in [9.17, 15) is 12.6 Å². The number of sulfonamides is 1. The zero-order valence-electron chi connectivity index (χ0n) is 9.73. The van der Waals surface area contributed by atoms with Gasteiger partial charge in [0.25, 0.3) is 0 Å². The third-order valence-electron chi connectivity index (χ3n) is 2.74. The molecule has 0 aromatic carbocycles. The summed E-state index contributed by atoms with van der Waals surface area (Å²) in [7, 11) is -4.23. The Hall–Kier alpha value is 0.0200. The van der Waals surface area contributed by atoms with E-state index in [-0.39, 0.29) is 23.6 Å². The zero-order valence-corrected chi connectivity index (χ0v) is 11.4. The quantitative estimate of drug-likeness (QED) is 0.676. The molecule has 1 saturated heterocycles. The van der Waals surface area contributed by atoms with Gasteiger partial charge in [0.1, 0.15) is 0 Å². The molecule has 0 aromatic heterocycles. The van der Waals surface area contributed by atoms with E-state index in [1.165, 1.54) is 0 Å². The topological polar surface area (TPSA) is 75.3 Å². The third-order valence-corrected chi connectivity index (χ3v) is 5.49. The van der Waals surface area contributed by atoms with Gasteiger partial charge >= 0.3 is 0 Å². The summed E-state index contributed by atoms with van der Waals surface area (Å²) in [5, 5.41) is 3.00. The van der Waals surface area contributed by atoms with Gasteiger partial charge in [-0.3, -0.25) is 4.21 Å². The maximum Gasteiger partial charge on any atom is 0.213 e. The van der Waals surface area contributed by atoms with Crippen LogP contribution in [0, 0.1) is 0 Å². The van der Waals surface area contributed by atoms with Crippen LogP contribution in [-0.2, 0) is 20.8 Å². The van der Waals surface area contributed by atoms with Crippen LogP contribution in [0.4, 0.5) is 0 Å². The first kappa shape index (κ1) is 14.1. The van der Waals surface area contributed by atoms with Crippen molar-refractivity contribution in [2.75, 3.05) is 25.1 Å². The largest absolute Gasteiger partial charge is 0.313 e. The minimum atomic E-state index is -3.24. The molecular weight excluding hydrogens is 248 g/mol. The monoisotopic (exact) mass is 268 g/mol. The molecule has 0 aromatic rings. The smallest absolute Gasteiger partial charge is 0.213 e. The lowest BCUT2D eigenvalue weighted by Crippen LogP contribution is -2.39. The summed E-state index contributed by atoms with van der Waals surface area (Å²) in [6, 6.07) is 0.0694. The highest BCUT2D eigenvalue weighted by molar-refractivity contribution is 7.89. The van der Waals surface area contributed by atoms with E-state index in [1.807, 2.05) is 0 Å². The Bertz CT molecular complexity index is 337. The highest BCUT2D eigenvalue weighted by Gasteiger charge is 2.22. The van der Waals surface area contributed by atoms with Crippen LogP contribution in [-0.4, -0.2) is 49.0 Å². The summed E-state index contributed by atoms with van der Waals surface area (Å²) in [5.74, 6) is 0.121. The van der Waals surface area contributed by atoms with E-state index in [0.717, 1.165) is 19.4 Å². The highest BCUT2D eigenvalue weighted by atomic mass is 32.2. The second kappa shape index (κ2) is 6.09. The summed E-state index contributed by atoms with van der Waals surface area (Å²) in [6.07, 6.45) is 3.53. The lowest BCUT2D eigenvalue weighted by atomic mass is 10.3. The SMILES string of the molecule is CC(CNS(=O)(=O)CC1CCCN1)S(C)=O. The highest BCUT2D eigenvalue weighted by Crippen LogP contribution is 2.07. The molecule has 0 aliphatic carbocycles. The van der Waals surface area contributed by atoms with Crippen molar-refractivity contribution in [2.24, 2.45) is 0 Å². The van der Waals surface area contributed by atoms with E-state index in [2.05, 4.69) is 10.0 Å². The normalized spacial score (nSPS) is 25.5. The van der Waals surface area contributed by atoms with Gasteiger partial charge in [-0.2, -0.15) is 0 Å². The van der Waals surface area contributed by atoms with Gasteiger partial charge < -0.3 is 5.32 Å². The van der Waals surface area contributed by atoms with Crippen LogP contribution in [0.5, 0.6) is 0 Å². The molecule has 1 heterocycles. The Kier molecular flexibility index (Phi) is 5.36. The average Bonchev–Trinajstić information content (AvgIpc) is 2.65. The van der Waals surface area contributed by atoms with Crippen LogP contribution in [0.3, 0.4) is 0 Å². The van der Waals surface area contributed by atoms with E-state index >= 15 is 0 Å². The molecule has 0 bridgehead atoms. The first-order valence-corrected chi connectivity index (χ1v) is 8.71. The van der Waals surface area contributed by atoms with Crippen molar-refractivity contribution in [3.63, 3.8) is 0 Å². The standard InChI is InChI=1S/C9H20N2O3S2/c1-8(15(2)12)6-11-16(13,14)7-9-4-3-5-10-9/h8-11H,3-7H2,1-2H3. The fourth-order valence-corrected chi connectivity index (χ4v) is 3.44. The van der Waals surface area contributed by atoms with Gasteiger partial charge in [0.2, 0.25) is 10.0 Å². The summed E-state index contributed by atoms with van der Waals surface area (Å²) in [4.78, 5) is 0. The summed E-state index contributed by atoms with van der Waals surface area (Å²) in [5.41, 5.74) is 0. The first-order chi connectivity index (χ1) is 7.41. The van der Waals surface area contributed by atoms with Crippen LogP contribution in [0.15, 0.2) is 0 Å². The average molecular weight is 268 g/mol. The van der Waals surface area contributed by atoms with Crippen LogP contribution in [0.2, 0.25) is 0 Å². The molecule has 1 rings (SSSR count). The van der Waals surface area contributed by atoms with Crippen molar-refractivity contribution in [3.05, 3.63) is 0 Å². The number of nitrogens with one attached hydrogen (secondary N) is 2. The Morgan fingerprint density at radius 3 is 2.75 bits per heavy atom. The predicted molar refractivity (Wildman–Crippen MR) is 66.3 cm³/mol. The molecule has 16 heavy (non-hydrogen) atoms. The van der Waals surface area contributed by atoms with Gasteiger partial charge in [-0.1, -0.05) is 0 Å². The Morgan fingerprint density at radius 2 is 2.25 bits per heavy atom. The molecule has 0 amide bonds. The molecule has 5 nitrogen and oxygen atoms in total. The molecule has 0 radical (unpaired) electrons. The molecule has 0 spiro atoms. The summed E-state index contributed by atoms with van der Waals surface area (Å²) >= 11 is 0. The molecule has 3 unspecified atom stereocenters. The Labute approximate surface area is 99.9 Å². The first-order valence-electron chi connectivity index (χ1n) is 5.43. The van der Waals surface area contributed by atoms with E-state index < -0.39 is 20.8 Å². The lowest BCUT2D eigenvalue weighted by Gasteiger charge is -2.13. The van der Waals surface area contributed by atoms with E-state index in [4.69, 9.17) is 0 Å². The zero-order chi connectivity index (χ0) is 12.2. The maximum atomic E-state index is 11.7. The minimum Gasteiger partial charge on any atom is -0.313 e. The Morgan fingerprint density at radius 1 is 1.56 bits per heavy atom. The fourth-order valence-electron chi connectivity index (χ4n) is 1.58. The van der Waals surface area contributed by atoms with Crippen molar-refractivity contribution in [1.29, 1.82) is 0 Å². The van der Waals surface area contributed by atoms with Gasteiger partial charge in [0.15, 0.2) is 0 Å². The van der Waals surface area contributed by atoms with E-state index in [1.54, 1.807) is 13.2 Å². The molecule has 2 N–H and O–H groups in total. The van der Waals surface area contributed by atoms with Gasteiger partial charge in [-0.05, 0) is 26.3 Å². The van der Waals surface area contributed by atoms with Crippen molar-refractivity contribution >= 4 is 20.8 Å². The molecule has 0 saturated carbocycles. The molecule has 1 aliphatic heterocycles. The predicted octanol–water partition coefficient (Wildman–Crippen LogP) is -0.575. The molecule has 3 atom stereocenters. The molecule has 96 valence electrons. The van der Waals surface area contributed by atoms with E-state index in [0.29, 0.717) is 0 Å². The fraction of sp³-hybridized carbons (Fsp3) is 1.00. The maximum absolute atomic E-state index is 11.7. The lowest BCUT2D eigenvalue weighted by molar-refractivity contribution is 0.563. The van der Waals surface area contributed by atoms with Crippen molar-refractivity contribution < 1.29 is 12.6 Å². The third kappa shape index (κ3) is 4.90. The van der Waals surface area contributed by atoms with Crippen LogP contribution < -0.4 is 10.0 Å². The van der Waals surface area contributed by atoms with Gasteiger partial charge in [0, 0.05) is 34.9 Å². The van der Waals surface area contributed by atoms with Gasteiger partial charge in [0.05, 0.1) is 5.75 Å². The van der Waals surface area contributed by atoms with Crippen LogP contribution in [0.25, 0.3) is 0 Å². The molecular formula is C9H20N2O3S2. The Balaban J connectivity index is 2.36. The molecule has 7 heteroatoms. The summed E-state index contributed by atoms with van der Waals surface area (Å²) < 4.78 is 36.9. The molecule has 1 fully saturated rings. The van der Waals surface area contributed by atoms with Gasteiger partial charge in [-0.25, -0.2) is 13.1 Å². The molecule has 1 aliphatic rings. The second-order valence-corrected chi connectivity index (χ2v) is 7.89. The number of rotatable bonds is 6. The van der Waals surface area contributed by atoms with Crippen molar-refractivity contribution in [3.8, 4) is 0 Å². The minimum absolute atomic E-state index is 0.0694. The second-order valence-electron chi connectivity index (χ2n) is 4.23. The van der Waals surface area contributed by atoms with Crippen LogP contribution >= 0.6 is 0 Å². The van der Waals surface area contributed by atoms with Crippen molar-refractivity contribution in [1.82, 2.24) is 10.0 Å². The van der Waals surface area contributed by atoms with Crippen molar-refractivity contribution in [2.45, 2.75) is 31.1 Å².